The highest BCUT2D eigenvalue weighted by Crippen LogP contribution is 2.35. The van der Waals surface area contributed by atoms with Gasteiger partial charge in [0.1, 0.15) is 6.10 Å². The van der Waals surface area contributed by atoms with Crippen LogP contribution in [0, 0.1) is 40.9 Å². The summed E-state index contributed by atoms with van der Waals surface area (Å²) in [5, 5.41) is 8.84. The molecule has 0 heterocycles. The zero-order chi connectivity index (χ0) is 20.8. The highest BCUT2D eigenvalue weighted by atomic mass is 16.5. The molecule has 0 aromatic heterocycles. The van der Waals surface area contributed by atoms with E-state index in [1.54, 1.807) is 24.3 Å². The molecule has 0 N–H and O–H groups in total. The third-order valence-electron chi connectivity index (χ3n) is 5.71. The predicted molar refractivity (Wildman–Crippen MR) is 114 cm³/mol. The number of carbonyl (C=O) groups excluding carboxylic acids is 1. The van der Waals surface area contributed by atoms with Crippen LogP contribution in [0.15, 0.2) is 48.5 Å². The van der Waals surface area contributed by atoms with Crippen molar-refractivity contribution in [3.05, 3.63) is 70.8 Å². The Kier molecular flexibility index (Phi) is 6.73. The highest BCUT2D eigenvalue weighted by Gasteiger charge is 2.33. The van der Waals surface area contributed by atoms with E-state index in [2.05, 4.69) is 38.7 Å². The van der Waals surface area contributed by atoms with Gasteiger partial charge in [-0.3, -0.25) is 0 Å². The molecule has 0 unspecified atom stereocenters. The summed E-state index contributed by atoms with van der Waals surface area (Å²) >= 11 is 0. The zero-order valence-corrected chi connectivity index (χ0v) is 17.3. The van der Waals surface area contributed by atoms with Crippen molar-refractivity contribution in [2.24, 2.45) is 17.8 Å². The molecule has 0 aliphatic heterocycles. The summed E-state index contributed by atoms with van der Waals surface area (Å²) in [5.74, 6) is 7.47. The van der Waals surface area contributed by atoms with Crippen LogP contribution in [0.25, 0.3) is 0 Å². The Bertz CT molecular complexity index is 939. The second-order valence-corrected chi connectivity index (χ2v) is 8.29. The van der Waals surface area contributed by atoms with Crippen molar-refractivity contribution < 1.29 is 9.53 Å². The molecule has 0 saturated heterocycles. The van der Waals surface area contributed by atoms with E-state index in [4.69, 9.17) is 10.00 Å². The number of benzene rings is 2. The Balaban J connectivity index is 1.65. The lowest BCUT2D eigenvalue weighted by atomic mass is 9.75. The van der Waals surface area contributed by atoms with Crippen LogP contribution in [0.4, 0.5) is 0 Å². The topological polar surface area (TPSA) is 50.1 Å². The van der Waals surface area contributed by atoms with Crippen molar-refractivity contribution in [1.82, 2.24) is 0 Å². The molecular formula is C26H27NO2. The molecule has 3 nitrogen and oxygen atoms in total. The van der Waals surface area contributed by atoms with Gasteiger partial charge in [-0.2, -0.15) is 5.26 Å². The van der Waals surface area contributed by atoms with Gasteiger partial charge in [0.05, 0.1) is 17.2 Å². The van der Waals surface area contributed by atoms with Gasteiger partial charge in [0, 0.05) is 11.1 Å². The van der Waals surface area contributed by atoms with Crippen molar-refractivity contribution in [3.8, 4) is 17.9 Å². The van der Waals surface area contributed by atoms with E-state index >= 15 is 0 Å². The van der Waals surface area contributed by atoms with E-state index in [9.17, 15) is 4.79 Å². The van der Waals surface area contributed by atoms with Crippen LogP contribution in [-0.4, -0.2) is 12.1 Å². The first kappa shape index (κ1) is 20.7. The zero-order valence-electron chi connectivity index (χ0n) is 17.3. The molecule has 0 bridgehead atoms. The van der Waals surface area contributed by atoms with Crippen LogP contribution < -0.4 is 0 Å². The lowest BCUT2D eigenvalue weighted by Gasteiger charge is -2.36. The van der Waals surface area contributed by atoms with Gasteiger partial charge < -0.3 is 4.74 Å². The SMILES string of the molecule is CC(C)[C@@H]1CC[C@@H](C)C[C@H]1OC(=O)c1ccc(C#Cc2ccc(C#N)cc2)cc1. The molecule has 1 fully saturated rings. The van der Waals surface area contributed by atoms with E-state index in [0.29, 0.717) is 28.9 Å². The molecule has 1 saturated carbocycles. The first-order valence-corrected chi connectivity index (χ1v) is 10.3. The Morgan fingerprint density at radius 2 is 1.52 bits per heavy atom. The Labute approximate surface area is 173 Å². The predicted octanol–water partition coefficient (Wildman–Crippen LogP) is 5.58. The summed E-state index contributed by atoms with van der Waals surface area (Å²) in [7, 11) is 0. The Morgan fingerprint density at radius 3 is 2.07 bits per heavy atom. The van der Waals surface area contributed by atoms with Crippen LogP contribution in [0.3, 0.4) is 0 Å². The third-order valence-corrected chi connectivity index (χ3v) is 5.71. The average molecular weight is 386 g/mol. The molecular weight excluding hydrogens is 358 g/mol. The standard InChI is InChI=1S/C26H27NO2/c1-18(2)24-15-4-19(3)16-25(24)29-26(28)23-13-11-21(12-14-23)6-5-20-7-9-22(17-27)10-8-20/h7-14,18-19,24-25H,4,15-16H2,1-3H3/t19-,24+,25-/m1/s1. The summed E-state index contributed by atoms with van der Waals surface area (Å²) in [5.41, 5.74) is 2.86. The summed E-state index contributed by atoms with van der Waals surface area (Å²) in [6.45, 7) is 6.66. The second-order valence-electron chi connectivity index (χ2n) is 8.29. The van der Waals surface area contributed by atoms with Crippen LogP contribution in [-0.2, 0) is 4.74 Å². The summed E-state index contributed by atoms with van der Waals surface area (Å²) in [4.78, 5) is 12.7. The van der Waals surface area contributed by atoms with Crippen molar-refractivity contribution in [3.63, 3.8) is 0 Å². The number of ether oxygens (including phenoxy) is 1. The molecule has 3 rings (SSSR count). The largest absolute Gasteiger partial charge is 0.458 e. The van der Waals surface area contributed by atoms with Crippen molar-refractivity contribution in [2.45, 2.75) is 46.1 Å². The monoisotopic (exact) mass is 385 g/mol. The molecule has 1 aliphatic carbocycles. The fourth-order valence-corrected chi connectivity index (χ4v) is 3.92. The highest BCUT2D eigenvalue weighted by molar-refractivity contribution is 5.89. The van der Waals surface area contributed by atoms with Crippen LogP contribution in [0.2, 0.25) is 0 Å². The van der Waals surface area contributed by atoms with E-state index in [1.165, 1.54) is 6.42 Å². The summed E-state index contributed by atoms with van der Waals surface area (Å²) in [6, 6.07) is 16.5. The number of hydrogen-bond acceptors (Lipinski definition) is 3. The normalized spacial score (nSPS) is 21.0. The molecule has 2 aromatic carbocycles. The maximum Gasteiger partial charge on any atom is 0.338 e. The van der Waals surface area contributed by atoms with E-state index in [1.807, 2.05) is 24.3 Å². The minimum atomic E-state index is -0.249. The molecule has 0 amide bonds. The van der Waals surface area contributed by atoms with Crippen LogP contribution in [0.5, 0.6) is 0 Å². The maximum absolute atomic E-state index is 12.7. The van der Waals surface area contributed by atoms with Crippen molar-refractivity contribution in [2.75, 3.05) is 0 Å². The minimum absolute atomic E-state index is 0.00194. The molecule has 1 aliphatic rings. The van der Waals surface area contributed by atoms with Gasteiger partial charge in [0.15, 0.2) is 0 Å². The van der Waals surface area contributed by atoms with Gasteiger partial charge in [-0.05, 0) is 79.1 Å². The van der Waals surface area contributed by atoms with Gasteiger partial charge in [-0.15, -0.1) is 0 Å². The van der Waals surface area contributed by atoms with Gasteiger partial charge in [0.25, 0.3) is 0 Å². The lowest BCUT2D eigenvalue weighted by molar-refractivity contribution is -0.0174. The first-order chi connectivity index (χ1) is 14.0. The second kappa shape index (κ2) is 9.44. The third kappa shape index (κ3) is 5.49. The number of rotatable bonds is 3. The fraction of sp³-hybridized carbons (Fsp3) is 0.385. The quantitative estimate of drug-likeness (QED) is 0.512. The Morgan fingerprint density at radius 1 is 0.966 bits per heavy atom. The number of esters is 1. The van der Waals surface area contributed by atoms with Gasteiger partial charge in [0.2, 0.25) is 0 Å². The minimum Gasteiger partial charge on any atom is -0.458 e. The van der Waals surface area contributed by atoms with E-state index in [0.717, 1.165) is 24.0 Å². The van der Waals surface area contributed by atoms with E-state index in [-0.39, 0.29) is 12.1 Å². The van der Waals surface area contributed by atoms with Gasteiger partial charge in [-0.25, -0.2) is 4.79 Å². The summed E-state index contributed by atoms with van der Waals surface area (Å²) in [6.07, 6.45) is 3.29. The molecule has 3 heteroatoms. The summed E-state index contributed by atoms with van der Waals surface area (Å²) < 4.78 is 5.91. The lowest BCUT2D eigenvalue weighted by Crippen LogP contribution is -2.35. The number of carbonyl (C=O) groups is 1. The average Bonchev–Trinajstić information content (AvgIpc) is 2.72. The maximum atomic E-state index is 12.7. The van der Waals surface area contributed by atoms with Crippen LogP contribution in [0.1, 0.15) is 67.1 Å². The van der Waals surface area contributed by atoms with Crippen LogP contribution >= 0.6 is 0 Å². The molecule has 148 valence electrons. The number of hydrogen-bond donors (Lipinski definition) is 0. The molecule has 3 atom stereocenters. The van der Waals surface area contributed by atoms with Crippen molar-refractivity contribution in [1.29, 1.82) is 5.26 Å². The van der Waals surface area contributed by atoms with Crippen molar-refractivity contribution >= 4 is 5.97 Å². The van der Waals surface area contributed by atoms with E-state index < -0.39 is 0 Å². The smallest absolute Gasteiger partial charge is 0.338 e. The first-order valence-electron chi connectivity index (χ1n) is 10.3. The fourth-order valence-electron chi connectivity index (χ4n) is 3.92. The van der Waals surface area contributed by atoms with Gasteiger partial charge in [-0.1, -0.05) is 39.0 Å². The molecule has 0 spiro atoms. The number of nitriles is 1. The van der Waals surface area contributed by atoms with Gasteiger partial charge >= 0.3 is 5.97 Å². The Hall–Kier alpha value is -3.04. The number of nitrogens with zero attached hydrogens (tertiary/aromatic N) is 1. The molecule has 2 aromatic rings. The molecule has 29 heavy (non-hydrogen) atoms. The molecule has 0 radical (unpaired) electrons.